The first-order chi connectivity index (χ1) is 12.1. The van der Waals surface area contributed by atoms with Crippen LogP contribution < -0.4 is 4.90 Å². The molecule has 0 heterocycles. The SMILES string of the molecule is CCN(C)C=Nc1cc(C)c(N(C)c2ccc(C(C)(C)C)cc2)cc1F. The first kappa shape index (κ1) is 20.0. The highest BCUT2D eigenvalue weighted by molar-refractivity contribution is 5.70. The van der Waals surface area contributed by atoms with E-state index in [2.05, 4.69) is 50.0 Å². The molecule has 0 radical (unpaired) electrons. The topological polar surface area (TPSA) is 18.8 Å². The van der Waals surface area contributed by atoms with E-state index in [1.165, 1.54) is 5.56 Å². The predicted octanol–water partition coefficient (Wildman–Crippen LogP) is 5.81. The molecule has 0 unspecified atom stereocenters. The molecular formula is C22H30FN3. The van der Waals surface area contributed by atoms with Gasteiger partial charge in [0.15, 0.2) is 5.82 Å². The van der Waals surface area contributed by atoms with E-state index in [1.807, 2.05) is 37.7 Å². The Balaban J connectivity index is 2.30. The van der Waals surface area contributed by atoms with Crippen LogP contribution in [0.2, 0.25) is 0 Å². The molecule has 0 aliphatic rings. The maximum Gasteiger partial charge on any atom is 0.150 e. The molecule has 0 bridgehead atoms. The molecule has 2 aromatic carbocycles. The first-order valence-electron chi connectivity index (χ1n) is 9.02. The van der Waals surface area contributed by atoms with E-state index >= 15 is 0 Å². The molecule has 0 N–H and O–H groups in total. The Morgan fingerprint density at radius 1 is 1.08 bits per heavy atom. The summed E-state index contributed by atoms with van der Waals surface area (Å²) in [6.45, 7) is 11.4. The third-order valence-electron chi connectivity index (χ3n) is 4.64. The monoisotopic (exact) mass is 355 g/mol. The average Bonchev–Trinajstić information content (AvgIpc) is 2.60. The quantitative estimate of drug-likeness (QED) is 0.498. The summed E-state index contributed by atoms with van der Waals surface area (Å²) in [7, 11) is 3.87. The third-order valence-corrected chi connectivity index (χ3v) is 4.64. The second-order valence-electron chi connectivity index (χ2n) is 7.76. The van der Waals surface area contributed by atoms with Gasteiger partial charge in [-0.2, -0.15) is 0 Å². The molecule has 0 aliphatic carbocycles. The summed E-state index contributed by atoms with van der Waals surface area (Å²) in [6, 6.07) is 11.8. The molecular weight excluding hydrogens is 325 g/mol. The Hall–Kier alpha value is -2.36. The molecule has 26 heavy (non-hydrogen) atoms. The van der Waals surface area contributed by atoms with Crippen LogP contribution in [-0.2, 0) is 5.41 Å². The van der Waals surface area contributed by atoms with E-state index in [0.29, 0.717) is 5.69 Å². The Labute approximate surface area is 157 Å². The number of hydrogen-bond donors (Lipinski definition) is 0. The van der Waals surface area contributed by atoms with Gasteiger partial charge in [-0.15, -0.1) is 0 Å². The Kier molecular flexibility index (Phi) is 6.06. The van der Waals surface area contributed by atoms with Gasteiger partial charge < -0.3 is 9.80 Å². The van der Waals surface area contributed by atoms with Crippen LogP contribution in [0.15, 0.2) is 41.4 Å². The van der Waals surface area contributed by atoms with Crippen molar-refractivity contribution >= 4 is 23.4 Å². The minimum absolute atomic E-state index is 0.116. The molecule has 0 aromatic heterocycles. The lowest BCUT2D eigenvalue weighted by Crippen LogP contribution is -2.14. The van der Waals surface area contributed by atoms with Gasteiger partial charge in [-0.3, -0.25) is 0 Å². The number of halogens is 1. The zero-order chi connectivity index (χ0) is 19.5. The summed E-state index contributed by atoms with van der Waals surface area (Å²) in [5.74, 6) is -0.315. The van der Waals surface area contributed by atoms with Gasteiger partial charge in [-0.05, 0) is 48.6 Å². The summed E-state index contributed by atoms with van der Waals surface area (Å²) in [5, 5.41) is 0. The van der Waals surface area contributed by atoms with Crippen molar-refractivity contribution in [2.24, 2.45) is 4.99 Å². The number of rotatable bonds is 5. The molecule has 0 saturated heterocycles. The van der Waals surface area contributed by atoms with Crippen LogP contribution in [0.4, 0.5) is 21.5 Å². The summed E-state index contributed by atoms with van der Waals surface area (Å²) >= 11 is 0. The molecule has 0 saturated carbocycles. The smallest absolute Gasteiger partial charge is 0.150 e. The number of hydrogen-bond acceptors (Lipinski definition) is 2. The lowest BCUT2D eigenvalue weighted by molar-refractivity contribution is 0.551. The fourth-order valence-electron chi connectivity index (χ4n) is 2.68. The fraction of sp³-hybridized carbons (Fsp3) is 0.409. The van der Waals surface area contributed by atoms with Gasteiger partial charge >= 0.3 is 0 Å². The van der Waals surface area contributed by atoms with Crippen molar-refractivity contribution < 1.29 is 4.39 Å². The van der Waals surface area contributed by atoms with Gasteiger partial charge in [0.2, 0.25) is 0 Å². The van der Waals surface area contributed by atoms with Crippen molar-refractivity contribution in [1.29, 1.82) is 0 Å². The average molecular weight is 356 g/mol. The van der Waals surface area contributed by atoms with Crippen molar-refractivity contribution in [3.63, 3.8) is 0 Å². The van der Waals surface area contributed by atoms with Gasteiger partial charge in [0, 0.05) is 38.1 Å². The number of aryl methyl sites for hydroxylation is 1. The van der Waals surface area contributed by atoms with E-state index in [4.69, 9.17) is 0 Å². The summed E-state index contributed by atoms with van der Waals surface area (Å²) < 4.78 is 14.5. The second-order valence-corrected chi connectivity index (χ2v) is 7.76. The molecule has 140 valence electrons. The van der Waals surface area contributed by atoms with E-state index in [9.17, 15) is 4.39 Å². The first-order valence-corrected chi connectivity index (χ1v) is 9.02. The summed E-state index contributed by atoms with van der Waals surface area (Å²) in [6.07, 6.45) is 1.66. The molecule has 4 heteroatoms. The minimum atomic E-state index is -0.315. The normalized spacial score (nSPS) is 11.8. The van der Waals surface area contributed by atoms with Gasteiger partial charge in [-0.25, -0.2) is 9.38 Å². The zero-order valence-electron chi connectivity index (χ0n) is 17.0. The highest BCUT2D eigenvalue weighted by Crippen LogP contribution is 2.33. The van der Waals surface area contributed by atoms with Gasteiger partial charge in [0.05, 0.1) is 6.34 Å². The van der Waals surface area contributed by atoms with Gasteiger partial charge in [-0.1, -0.05) is 32.9 Å². The zero-order valence-corrected chi connectivity index (χ0v) is 17.0. The van der Waals surface area contributed by atoms with Gasteiger partial charge in [0.1, 0.15) is 5.69 Å². The molecule has 0 spiro atoms. The lowest BCUT2D eigenvalue weighted by atomic mass is 9.87. The molecule has 2 aromatic rings. The van der Waals surface area contributed by atoms with E-state index in [1.54, 1.807) is 18.5 Å². The van der Waals surface area contributed by atoms with Crippen molar-refractivity contribution in [3.05, 3.63) is 53.3 Å². The maximum atomic E-state index is 14.5. The van der Waals surface area contributed by atoms with Crippen LogP contribution in [0.1, 0.15) is 38.8 Å². The molecule has 0 amide bonds. The standard InChI is InChI=1S/C22H30FN3/c1-8-25(6)15-24-20-13-16(2)21(14-19(20)23)26(7)18-11-9-17(10-12-18)22(3,4)5/h9-15H,8H2,1-7H3. The van der Waals surface area contributed by atoms with E-state index in [0.717, 1.165) is 23.5 Å². The fourth-order valence-corrected chi connectivity index (χ4v) is 2.68. The Morgan fingerprint density at radius 3 is 2.23 bits per heavy atom. The highest BCUT2D eigenvalue weighted by Gasteiger charge is 2.15. The van der Waals surface area contributed by atoms with E-state index in [-0.39, 0.29) is 11.2 Å². The van der Waals surface area contributed by atoms with Crippen LogP contribution in [0.25, 0.3) is 0 Å². The molecule has 3 nitrogen and oxygen atoms in total. The molecule has 0 atom stereocenters. The minimum Gasteiger partial charge on any atom is -0.366 e. The van der Waals surface area contributed by atoms with Crippen LogP contribution in [0.5, 0.6) is 0 Å². The van der Waals surface area contributed by atoms with E-state index < -0.39 is 0 Å². The van der Waals surface area contributed by atoms with Gasteiger partial charge in [0.25, 0.3) is 0 Å². The number of aliphatic imine (C=N–C) groups is 1. The third kappa shape index (κ3) is 4.63. The number of anilines is 2. The Bertz CT molecular complexity index is 773. The van der Waals surface area contributed by atoms with Crippen LogP contribution in [-0.4, -0.2) is 31.9 Å². The van der Waals surface area contributed by atoms with Crippen LogP contribution in [0, 0.1) is 12.7 Å². The molecule has 0 aliphatic heterocycles. The largest absolute Gasteiger partial charge is 0.366 e. The Morgan fingerprint density at radius 2 is 1.69 bits per heavy atom. The predicted molar refractivity (Wildman–Crippen MR) is 111 cm³/mol. The molecule has 0 fully saturated rings. The van der Waals surface area contributed by atoms with Crippen LogP contribution >= 0.6 is 0 Å². The van der Waals surface area contributed by atoms with Crippen molar-refractivity contribution in [2.45, 2.75) is 40.0 Å². The second kappa shape index (κ2) is 7.90. The highest BCUT2D eigenvalue weighted by atomic mass is 19.1. The van der Waals surface area contributed by atoms with Crippen LogP contribution in [0.3, 0.4) is 0 Å². The maximum absolute atomic E-state index is 14.5. The molecule has 2 rings (SSSR count). The summed E-state index contributed by atoms with van der Waals surface area (Å²) in [5.41, 5.74) is 4.62. The number of nitrogens with zero attached hydrogens (tertiary/aromatic N) is 3. The van der Waals surface area contributed by atoms with Crippen molar-refractivity contribution in [1.82, 2.24) is 4.90 Å². The summed E-state index contributed by atoms with van der Waals surface area (Å²) in [4.78, 5) is 8.18. The lowest BCUT2D eigenvalue weighted by Gasteiger charge is -2.24. The van der Waals surface area contributed by atoms with Crippen molar-refractivity contribution in [2.75, 3.05) is 25.5 Å². The van der Waals surface area contributed by atoms with Crippen molar-refractivity contribution in [3.8, 4) is 0 Å². The number of benzene rings is 2.